The Labute approximate surface area is 152 Å². The summed E-state index contributed by atoms with van der Waals surface area (Å²) in [7, 11) is 0. The molecule has 1 aromatic carbocycles. The van der Waals surface area contributed by atoms with Crippen LogP contribution in [0.2, 0.25) is 0 Å². The van der Waals surface area contributed by atoms with Crippen molar-refractivity contribution in [2.75, 3.05) is 19.7 Å². The van der Waals surface area contributed by atoms with Gasteiger partial charge in [0, 0.05) is 19.1 Å². The van der Waals surface area contributed by atoms with Gasteiger partial charge in [-0.05, 0) is 43.0 Å². The second kappa shape index (κ2) is 7.23. The normalized spacial score (nSPS) is 20.2. The lowest BCUT2D eigenvalue weighted by Crippen LogP contribution is -2.49. The van der Waals surface area contributed by atoms with Gasteiger partial charge in [0.2, 0.25) is 5.91 Å². The number of amides is 2. The summed E-state index contributed by atoms with van der Waals surface area (Å²) in [6.07, 6.45) is 3.72. The minimum Gasteiger partial charge on any atom is -0.492 e. The van der Waals surface area contributed by atoms with Gasteiger partial charge in [-0.1, -0.05) is 18.2 Å². The maximum absolute atomic E-state index is 12.6. The third-order valence-corrected chi connectivity index (χ3v) is 5.11. The number of carbonyl (C=O) groups excluding carboxylic acids is 2. The van der Waals surface area contributed by atoms with Crippen LogP contribution in [0.5, 0.6) is 5.75 Å². The number of ether oxygens (including phenoxy) is 1. The van der Waals surface area contributed by atoms with Crippen LogP contribution in [0.4, 0.5) is 0 Å². The van der Waals surface area contributed by atoms with Crippen molar-refractivity contribution in [3.05, 3.63) is 54.0 Å². The molecule has 1 N–H and O–H groups in total. The molecule has 136 valence electrons. The van der Waals surface area contributed by atoms with Crippen molar-refractivity contribution in [1.29, 1.82) is 0 Å². The molecule has 0 aliphatic carbocycles. The summed E-state index contributed by atoms with van der Waals surface area (Å²) in [4.78, 5) is 26.7. The first kappa shape index (κ1) is 16.7. The van der Waals surface area contributed by atoms with Crippen LogP contribution in [0, 0.1) is 5.92 Å². The second-order valence-corrected chi connectivity index (χ2v) is 6.87. The predicted octanol–water partition coefficient (Wildman–Crippen LogP) is 2.25. The first-order chi connectivity index (χ1) is 12.7. The van der Waals surface area contributed by atoms with E-state index in [1.54, 1.807) is 17.0 Å². The minimum absolute atomic E-state index is 0.0373. The SMILES string of the molecule is O=C(NC1CCN(C(=O)c2ccco2)CC1)[C@H]1COc2ccccc2C1. The minimum atomic E-state index is -0.160. The lowest BCUT2D eigenvalue weighted by atomic mass is 9.95. The Morgan fingerprint density at radius 1 is 1.08 bits per heavy atom. The molecule has 2 aliphatic heterocycles. The van der Waals surface area contributed by atoms with E-state index in [1.165, 1.54) is 6.26 Å². The van der Waals surface area contributed by atoms with Crippen LogP contribution in [0.3, 0.4) is 0 Å². The molecule has 2 amide bonds. The summed E-state index contributed by atoms with van der Waals surface area (Å²) in [6, 6.07) is 11.3. The molecule has 0 unspecified atom stereocenters. The van der Waals surface area contributed by atoms with Crippen LogP contribution in [-0.4, -0.2) is 42.5 Å². The molecular weight excluding hydrogens is 332 g/mol. The fraction of sp³-hybridized carbons (Fsp3) is 0.400. The summed E-state index contributed by atoms with van der Waals surface area (Å²) in [5.41, 5.74) is 1.08. The van der Waals surface area contributed by atoms with Crippen molar-refractivity contribution in [2.45, 2.75) is 25.3 Å². The van der Waals surface area contributed by atoms with Gasteiger partial charge in [-0.25, -0.2) is 0 Å². The third kappa shape index (κ3) is 3.45. The molecule has 6 heteroatoms. The Morgan fingerprint density at radius 2 is 1.88 bits per heavy atom. The molecule has 3 heterocycles. The number of rotatable bonds is 3. The molecule has 6 nitrogen and oxygen atoms in total. The largest absolute Gasteiger partial charge is 0.492 e. The number of benzene rings is 1. The van der Waals surface area contributed by atoms with Crippen LogP contribution >= 0.6 is 0 Å². The highest BCUT2D eigenvalue weighted by Gasteiger charge is 2.30. The van der Waals surface area contributed by atoms with Crippen LogP contribution < -0.4 is 10.1 Å². The lowest BCUT2D eigenvalue weighted by Gasteiger charge is -2.33. The lowest BCUT2D eigenvalue weighted by molar-refractivity contribution is -0.127. The fourth-order valence-electron chi connectivity index (χ4n) is 3.60. The Morgan fingerprint density at radius 3 is 2.65 bits per heavy atom. The molecule has 1 fully saturated rings. The Bertz CT molecular complexity index is 779. The second-order valence-electron chi connectivity index (χ2n) is 6.87. The maximum Gasteiger partial charge on any atom is 0.289 e. The molecule has 0 saturated carbocycles. The zero-order chi connectivity index (χ0) is 17.9. The van der Waals surface area contributed by atoms with Crippen LogP contribution in [0.25, 0.3) is 0 Å². The van der Waals surface area contributed by atoms with E-state index in [1.807, 2.05) is 24.3 Å². The first-order valence-corrected chi connectivity index (χ1v) is 9.04. The average molecular weight is 354 g/mol. The number of nitrogens with zero attached hydrogens (tertiary/aromatic N) is 1. The highest BCUT2D eigenvalue weighted by Crippen LogP contribution is 2.27. The quantitative estimate of drug-likeness (QED) is 0.918. The number of hydrogen-bond acceptors (Lipinski definition) is 4. The summed E-state index contributed by atoms with van der Waals surface area (Å²) >= 11 is 0. The van der Waals surface area contributed by atoms with Gasteiger partial charge in [0.25, 0.3) is 5.91 Å². The molecule has 1 aromatic heterocycles. The van der Waals surface area contributed by atoms with Gasteiger partial charge < -0.3 is 19.4 Å². The number of piperidine rings is 1. The van der Waals surface area contributed by atoms with Gasteiger partial charge >= 0.3 is 0 Å². The number of fused-ring (bicyclic) bond motifs is 1. The van der Waals surface area contributed by atoms with E-state index in [-0.39, 0.29) is 23.8 Å². The van der Waals surface area contributed by atoms with Crippen LogP contribution in [0.1, 0.15) is 29.0 Å². The molecule has 0 bridgehead atoms. The molecule has 0 radical (unpaired) electrons. The van der Waals surface area contributed by atoms with E-state index in [2.05, 4.69) is 5.32 Å². The Balaban J connectivity index is 1.28. The van der Waals surface area contributed by atoms with Crippen molar-refractivity contribution in [2.24, 2.45) is 5.92 Å². The number of hydrogen-bond donors (Lipinski definition) is 1. The maximum atomic E-state index is 12.6. The van der Waals surface area contributed by atoms with Crippen molar-refractivity contribution < 1.29 is 18.7 Å². The summed E-state index contributed by atoms with van der Waals surface area (Å²) in [5, 5.41) is 3.13. The summed E-state index contributed by atoms with van der Waals surface area (Å²) in [5.74, 6) is 1.03. The molecule has 1 saturated heterocycles. The molecule has 2 aromatic rings. The summed E-state index contributed by atoms with van der Waals surface area (Å²) < 4.78 is 10.9. The zero-order valence-electron chi connectivity index (χ0n) is 14.5. The molecule has 0 spiro atoms. The van der Waals surface area contributed by atoms with Crippen molar-refractivity contribution >= 4 is 11.8 Å². The smallest absolute Gasteiger partial charge is 0.289 e. The van der Waals surface area contributed by atoms with Gasteiger partial charge in [0.15, 0.2) is 5.76 Å². The van der Waals surface area contributed by atoms with Crippen molar-refractivity contribution in [3.63, 3.8) is 0 Å². The molecule has 4 rings (SSSR count). The topological polar surface area (TPSA) is 71.8 Å². The number of likely N-dealkylation sites (tertiary alicyclic amines) is 1. The van der Waals surface area contributed by atoms with E-state index in [4.69, 9.17) is 9.15 Å². The predicted molar refractivity (Wildman–Crippen MR) is 94.9 cm³/mol. The van der Waals surface area contributed by atoms with Gasteiger partial charge in [0.1, 0.15) is 12.4 Å². The van der Waals surface area contributed by atoms with E-state index in [0.717, 1.165) is 24.2 Å². The van der Waals surface area contributed by atoms with Crippen LogP contribution in [-0.2, 0) is 11.2 Å². The number of carbonyl (C=O) groups is 2. The molecule has 1 atom stereocenters. The van der Waals surface area contributed by atoms with Gasteiger partial charge in [-0.3, -0.25) is 9.59 Å². The first-order valence-electron chi connectivity index (χ1n) is 9.04. The third-order valence-electron chi connectivity index (χ3n) is 5.11. The Hall–Kier alpha value is -2.76. The van der Waals surface area contributed by atoms with Crippen molar-refractivity contribution in [1.82, 2.24) is 10.2 Å². The van der Waals surface area contributed by atoms with E-state index < -0.39 is 0 Å². The monoisotopic (exact) mass is 354 g/mol. The number of furan rings is 1. The number of para-hydroxylation sites is 1. The van der Waals surface area contributed by atoms with Gasteiger partial charge in [-0.2, -0.15) is 0 Å². The Kier molecular flexibility index (Phi) is 4.65. The van der Waals surface area contributed by atoms with Gasteiger partial charge in [-0.15, -0.1) is 0 Å². The summed E-state index contributed by atoms with van der Waals surface area (Å²) in [6.45, 7) is 1.65. The number of nitrogens with one attached hydrogen (secondary N) is 1. The van der Waals surface area contributed by atoms with E-state index >= 15 is 0 Å². The fourth-order valence-corrected chi connectivity index (χ4v) is 3.60. The standard InChI is InChI=1S/C20H22N2O4/c23-19(15-12-14-4-1-2-5-17(14)26-13-15)21-16-7-9-22(10-8-16)20(24)18-6-3-11-25-18/h1-6,11,15-16H,7-10,12-13H2,(H,21,23)/t15-/m1/s1. The zero-order valence-corrected chi connectivity index (χ0v) is 14.5. The molecule has 26 heavy (non-hydrogen) atoms. The van der Waals surface area contributed by atoms with E-state index in [9.17, 15) is 9.59 Å². The van der Waals surface area contributed by atoms with Crippen LogP contribution in [0.15, 0.2) is 47.1 Å². The highest BCUT2D eigenvalue weighted by molar-refractivity contribution is 5.91. The average Bonchev–Trinajstić information content (AvgIpc) is 3.22. The molecule has 2 aliphatic rings. The van der Waals surface area contributed by atoms with Gasteiger partial charge in [0.05, 0.1) is 12.2 Å². The molecular formula is C20H22N2O4. The van der Waals surface area contributed by atoms with E-state index in [0.29, 0.717) is 31.9 Å². The van der Waals surface area contributed by atoms with Crippen molar-refractivity contribution in [3.8, 4) is 5.75 Å². The highest BCUT2D eigenvalue weighted by atomic mass is 16.5.